The van der Waals surface area contributed by atoms with Crippen molar-refractivity contribution < 1.29 is 4.55 Å². The van der Waals surface area contributed by atoms with Crippen LogP contribution < -0.4 is 4.72 Å². The van der Waals surface area contributed by atoms with Gasteiger partial charge in [-0.15, -0.1) is 4.72 Å². The van der Waals surface area contributed by atoms with Gasteiger partial charge in [0.25, 0.3) is 0 Å². The molecule has 3 nitrogen and oxygen atoms in total. The average molecular weight is 302 g/mol. The molecule has 0 aliphatic heterocycles. The molecular weight excluding hydrogens is 280 g/mol. The van der Waals surface area contributed by atoms with Crippen molar-refractivity contribution in [1.82, 2.24) is 4.72 Å². The van der Waals surface area contributed by atoms with Crippen LogP contribution in [0.2, 0.25) is 0 Å². The van der Waals surface area contributed by atoms with Crippen LogP contribution in [0, 0.1) is 29.6 Å². The van der Waals surface area contributed by atoms with E-state index < -0.39 is 11.4 Å². The lowest BCUT2D eigenvalue weighted by Crippen LogP contribution is -2.41. The summed E-state index contributed by atoms with van der Waals surface area (Å²) in [6, 6.07) is 9.70. The standard InChI is InChI=1S/C17H22N2OS/c1-13-4-6-15(7-5-13)21(20)19-16(12-18)14-3-2-8-17(11-14)9-10-17/h4-7,14,16,19H,2-3,8-11H2,1H3/t14?,16-,21?/m1/s1. The molecule has 112 valence electrons. The summed E-state index contributed by atoms with van der Waals surface area (Å²) >= 11 is -1.30. The number of nitriles is 1. The zero-order chi connectivity index (χ0) is 14.9. The average Bonchev–Trinajstić information content (AvgIpc) is 3.24. The Morgan fingerprint density at radius 3 is 2.67 bits per heavy atom. The highest BCUT2D eigenvalue weighted by Crippen LogP contribution is 2.58. The second-order valence-electron chi connectivity index (χ2n) is 6.66. The molecule has 2 aliphatic carbocycles. The summed E-state index contributed by atoms with van der Waals surface area (Å²) in [6.45, 7) is 2.01. The van der Waals surface area contributed by atoms with Crippen molar-refractivity contribution in [3.63, 3.8) is 0 Å². The Kier molecular flexibility index (Phi) is 4.26. The van der Waals surface area contributed by atoms with E-state index in [9.17, 15) is 9.81 Å². The topological polar surface area (TPSA) is 58.9 Å². The van der Waals surface area contributed by atoms with Gasteiger partial charge in [0.15, 0.2) is 4.90 Å². The zero-order valence-electron chi connectivity index (χ0n) is 12.5. The number of rotatable bonds is 4. The van der Waals surface area contributed by atoms with Crippen LogP contribution in [0.25, 0.3) is 0 Å². The number of nitrogens with zero attached hydrogens (tertiary/aromatic N) is 1. The first-order valence-corrected chi connectivity index (χ1v) is 8.91. The zero-order valence-corrected chi connectivity index (χ0v) is 13.3. The minimum atomic E-state index is -1.30. The number of nitrogens with one attached hydrogen (secondary N) is 1. The highest BCUT2D eigenvalue weighted by atomic mass is 32.2. The summed E-state index contributed by atoms with van der Waals surface area (Å²) in [4.78, 5) is 0.748. The molecule has 2 aliphatic rings. The van der Waals surface area contributed by atoms with Crippen LogP contribution in [-0.2, 0) is 11.4 Å². The SMILES string of the molecule is Cc1ccc([S+]([O-])N[C@H](C#N)C2CCCC3(CC3)C2)cc1. The second-order valence-corrected chi connectivity index (χ2v) is 7.91. The van der Waals surface area contributed by atoms with Gasteiger partial charge in [-0.2, -0.15) is 5.26 Å². The van der Waals surface area contributed by atoms with E-state index in [0.717, 1.165) is 23.3 Å². The van der Waals surface area contributed by atoms with Crippen LogP contribution in [0.15, 0.2) is 29.2 Å². The van der Waals surface area contributed by atoms with Gasteiger partial charge in [-0.25, -0.2) is 0 Å². The summed E-state index contributed by atoms with van der Waals surface area (Å²) in [6.07, 6.45) is 7.39. The number of aryl methyl sites for hydroxylation is 1. The van der Waals surface area contributed by atoms with E-state index in [4.69, 9.17) is 0 Å². The Balaban J connectivity index is 1.64. The fourth-order valence-electron chi connectivity index (χ4n) is 3.49. The van der Waals surface area contributed by atoms with Gasteiger partial charge in [0.05, 0.1) is 17.4 Å². The lowest BCUT2D eigenvalue weighted by molar-refractivity contribution is 0.229. The molecular formula is C17H22N2OS. The van der Waals surface area contributed by atoms with Crippen LogP contribution in [0.3, 0.4) is 0 Å². The minimum absolute atomic E-state index is 0.301. The molecule has 1 aromatic carbocycles. The first-order chi connectivity index (χ1) is 10.1. The van der Waals surface area contributed by atoms with Crippen molar-refractivity contribution in [1.29, 1.82) is 5.26 Å². The van der Waals surface area contributed by atoms with E-state index in [2.05, 4.69) is 10.8 Å². The summed E-state index contributed by atoms with van der Waals surface area (Å²) in [5.74, 6) is 0.348. The fraction of sp³-hybridized carbons (Fsp3) is 0.588. The molecule has 2 fully saturated rings. The lowest BCUT2D eigenvalue weighted by Gasteiger charge is -2.31. The quantitative estimate of drug-likeness (QED) is 0.866. The van der Waals surface area contributed by atoms with Crippen molar-refractivity contribution in [2.45, 2.75) is 56.4 Å². The van der Waals surface area contributed by atoms with Crippen LogP contribution >= 0.6 is 0 Å². The summed E-state index contributed by atoms with van der Waals surface area (Å²) < 4.78 is 15.4. The molecule has 3 atom stereocenters. The monoisotopic (exact) mass is 302 g/mol. The molecule has 0 aromatic heterocycles. The molecule has 0 bridgehead atoms. The largest absolute Gasteiger partial charge is 0.593 e. The molecule has 2 unspecified atom stereocenters. The Labute approximate surface area is 130 Å². The van der Waals surface area contributed by atoms with Crippen LogP contribution in [0.4, 0.5) is 0 Å². The maximum Gasteiger partial charge on any atom is 0.173 e. The number of hydrogen-bond donors (Lipinski definition) is 1. The van der Waals surface area contributed by atoms with Crippen molar-refractivity contribution in [2.75, 3.05) is 0 Å². The highest BCUT2D eigenvalue weighted by Gasteiger charge is 2.47. The molecule has 2 saturated carbocycles. The van der Waals surface area contributed by atoms with Crippen LogP contribution in [0.1, 0.15) is 44.1 Å². The highest BCUT2D eigenvalue weighted by molar-refractivity contribution is 7.89. The molecule has 3 rings (SSSR count). The normalized spacial score (nSPS) is 26.0. The Morgan fingerprint density at radius 2 is 2.05 bits per heavy atom. The van der Waals surface area contributed by atoms with Crippen molar-refractivity contribution in [2.24, 2.45) is 11.3 Å². The maximum atomic E-state index is 12.4. The molecule has 0 amide bonds. The summed E-state index contributed by atoms with van der Waals surface area (Å²) in [7, 11) is 0. The first-order valence-electron chi connectivity index (χ1n) is 7.76. The van der Waals surface area contributed by atoms with Crippen LogP contribution in [0.5, 0.6) is 0 Å². The van der Waals surface area contributed by atoms with Crippen LogP contribution in [-0.4, -0.2) is 10.6 Å². The third kappa shape index (κ3) is 3.42. The predicted octanol–water partition coefficient (Wildman–Crippen LogP) is 3.47. The van der Waals surface area contributed by atoms with Crippen molar-refractivity contribution >= 4 is 11.4 Å². The number of benzene rings is 1. The van der Waals surface area contributed by atoms with E-state index in [-0.39, 0.29) is 6.04 Å². The smallest absolute Gasteiger partial charge is 0.173 e. The van der Waals surface area contributed by atoms with E-state index in [1.165, 1.54) is 25.7 Å². The molecule has 1 N–H and O–H groups in total. The number of hydrogen-bond acceptors (Lipinski definition) is 3. The molecule has 4 heteroatoms. The summed E-state index contributed by atoms with van der Waals surface area (Å²) in [5.41, 5.74) is 1.68. The van der Waals surface area contributed by atoms with E-state index in [1.54, 1.807) is 0 Å². The third-order valence-corrected chi connectivity index (χ3v) is 6.18. The van der Waals surface area contributed by atoms with Gasteiger partial charge in [-0.05, 0) is 62.5 Å². The Hall–Kier alpha value is -1.02. The van der Waals surface area contributed by atoms with Crippen molar-refractivity contribution in [3.8, 4) is 6.07 Å². The van der Waals surface area contributed by atoms with E-state index in [0.29, 0.717) is 11.3 Å². The molecule has 1 aromatic rings. The predicted molar refractivity (Wildman–Crippen MR) is 83.7 cm³/mol. The molecule has 0 heterocycles. The second kappa shape index (κ2) is 6.00. The van der Waals surface area contributed by atoms with Gasteiger partial charge >= 0.3 is 0 Å². The van der Waals surface area contributed by atoms with Gasteiger partial charge in [0.1, 0.15) is 6.04 Å². The van der Waals surface area contributed by atoms with E-state index >= 15 is 0 Å². The Bertz CT molecular complexity index is 533. The maximum absolute atomic E-state index is 12.4. The van der Waals surface area contributed by atoms with Gasteiger partial charge in [-0.3, -0.25) is 0 Å². The lowest BCUT2D eigenvalue weighted by atomic mass is 9.76. The van der Waals surface area contributed by atoms with Gasteiger partial charge < -0.3 is 4.55 Å². The summed E-state index contributed by atoms with van der Waals surface area (Å²) in [5, 5.41) is 9.46. The minimum Gasteiger partial charge on any atom is -0.593 e. The molecule has 0 radical (unpaired) electrons. The fourth-order valence-corrected chi connectivity index (χ4v) is 4.48. The molecule has 0 saturated heterocycles. The van der Waals surface area contributed by atoms with Gasteiger partial charge in [0, 0.05) is 0 Å². The first kappa shape index (κ1) is 14.9. The Morgan fingerprint density at radius 1 is 1.33 bits per heavy atom. The molecule has 21 heavy (non-hydrogen) atoms. The van der Waals surface area contributed by atoms with Crippen molar-refractivity contribution in [3.05, 3.63) is 29.8 Å². The van der Waals surface area contributed by atoms with Gasteiger partial charge in [0.2, 0.25) is 0 Å². The van der Waals surface area contributed by atoms with E-state index in [1.807, 2.05) is 31.2 Å². The van der Waals surface area contributed by atoms with Gasteiger partial charge in [-0.1, -0.05) is 24.1 Å². The third-order valence-electron chi connectivity index (χ3n) is 5.01. The molecule has 1 spiro atoms.